The molecule has 0 unspecified atom stereocenters. The topological polar surface area (TPSA) is 111 Å². The van der Waals surface area contributed by atoms with Crippen molar-refractivity contribution in [3.8, 4) is 16.9 Å². The van der Waals surface area contributed by atoms with Crippen molar-refractivity contribution in [2.45, 2.75) is 19.8 Å². The molecule has 0 bridgehead atoms. The Labute approximate surface area is 204 Å². The molecule has 0 atom stereocenters. The van der Waals surface area contributed by atoms with E-state index in [9.17, 15) is 4.79 Å². The Balaban J connectivity index is 1.90. The molecule has 0 aliphatic rings. The van der Waals surface area contributed by atoms with Gasteiger partial charge in [0.05, 0.1) is 6.61 Å². The molecule has 3 rings (SSSR count). The van der Waals surface area contributed by atoms with Crippen LogP contribution in [0.25, 0.3) is 16.8 Å². The van der Waals surface area contributed by atoms with Crippen molar-refractivity contribution in [2.75, 3.05) is 34.3 Å². The third-order valence-corrected chi connectivity index (χ3v) is 5.82. The molecule has 1 aromatic carbocycles. The second-order valence-corrected chi connectivity index (χ2v) is 8.51. The molecule has 0 radical (unpaired) electrons. The Hall–Kier alpha value is -3.36. The van der Waals surface area contributed by atoms with E-state index in [0.29, 0.717) is 41.6 Å². The molecule has 4 N–H and O–H groups in total. The van der Waals surface area contributed by atoms with Gasteiger partial charge < -0.3 is 25.5 Å². The number of aromatic nitrogens is 2. The molecule has 1 amide bonds. The van der Waals surface area contributed by atoms with Crippen LogP contribution in [-0.4, -0.2) is 60.2 Å². The first-order valence-electron chi connectivity index (χ1n) is 11.0. The predicted octanol–water partition coefficient (Wildman–Crippen LogP) is 3.32. The molecular weight excluding hydrogens is 452 g/mol. The largest absolute Gasteiger partial charge is 0.493 e. The lowest BCUT2D eigenvalue weighted by atomic mass is 10.0. The van der Waals surface area contributed by atoms with Gasteiger partial charge in [-0.15, -0.1) is 0 Å². The Morgan fingerprint density at radius 1 is 1.26 bits per heavy atom. The van der Waals surface area contributed by atoms with Crippen LogP contribution in [0.2, 0.25) is 5.02 Å². The number of ether oxygens (including phenoxy) is 1. The number of likely N-dealkylation sites (N-methyl/N-ethyl adjacent to an activating group) is 1. The maximum Gasteiger partial charge on any atom is 0.269 e. The van der Waals surface area contributed by atoms with E-state index in [4.69, 9.17) is 27.8 Å². The lowest BCUT2D eigenvalue weighted by molar-refractivity contribution is -0.124. The zero-order valence-electron chi connectivity index (χ0n) is 20.0. The molecule has 0 fully saturated rings. The summed E-state index contributed by atoms with van der Waals surface area (Å²) in [6, 6.07) is 9.50. The minimum absolute atomic E-state index is 0.168. The van der Waals surface area contributed by atoms with Crippen molar-refractivity contribution in [3.05, 3.63) is 64.7 Å². The number of nitrogens with zero attached hydrogens (tertiary/aromatic N) is 4. The quantitative estimate of drug-likeness (QED) is 0.359. The van der Waals surface area contributed by atoms with E-state index in [1.807, 2.05) is 48.0 Å². The molecule has 3 aromatic rings. The molecule has 0 saturated heterocycles. The highest BCUT2D eigenvalue weighted by Gasteiger charge is 2.17. The lowest BCUT2D eigenvalue weighted by Crippen LogP contribution is -2.30. The van der Waals surface area contributed by atoms with Crippen LogP contribution >= 0.6 is 11.6 Å². The van der Waals surface area contributed by atoms with Crippen molar-refractivity contribution in [1.29, 1.82) is 0 Å². The number of fused-ring (bicyclic) bond motifs is 1. The van der Waals surface area contributed by atoms with Crippen molar-refractivity contribution in [1.82, 2.24) is 14.3 Å². The van der Waals surface area contributed by atoms with Gasteiger partial charge in [0.1, 0.15) is 17.1 Å². The van der Waals surface area contributed by atoms with Gasteiger partial charge in [0, 0.05) is 79.5 Å². The van der Waals surface area contributed by atoms with Crippen LogP contribution in [0.5, 0.6) is 5.75 Å². The zero-order valence-corrected chi connectivity index (χ0v) is 20.8. The van der Waals surface area contributed by atoms with Gasteiger partial charge in [-0.25, -0.2) is 4.98 Å². The summed E-state index contributed by atoms with van der Waals surface area (Å²) in [5, 5.41) is 0.565. The summed E-state index contributed by atoms with van der Waals surface area (Å²) in [6.45, 7) is 2.67. The third-order valence-electron chi connectivity index (χ3n) is 5.58. The van der Waals surface area contributed by atoms with Crippen LogP contribution in [0.3, 0.4) is 0 Å². The van der Waals surface area contributed by atoms with Gasteiger partial charge in [-0.3, -0.25) is 9.79 Å². The molecule has 2 aromatic heterocycles. The number of amides is 1. The normalized spacial score (nSPS) is 12.6. The molecule has 0 aliphatic heterocycles. The number of aliphatic imine (C=N–C) groups is 1. The van der Waals surface area contributed by atoms with Crippen LogP contribution in [-0.2, 0) is 11.2 Å². The van der Waals surface area contributed by atoms with E-state index in [1.54, 1.807) is 27.2 Å². The van der Waals surface area contributed by atoms with Gasteiger partial charge in [0.15, 0.2) is 0 Å². The predicted molar refractivity (Wildman–Crippen MR) is 137 cm³/mol. The number of nitrogens with two attached hydrogens (primary N) is 2. The summed E-state index contributed by atoms with van der Waals surface area (Å²) in [5.74, 6) is 0.374. The third kappa shape index (κ3) is 5.58. The van der Waals surface area contributed by atoms with E-state index >= 15 is 0 Å². The van der Waals surface area contributed by atoms with Gasteiger partial charge in [0.25, 0.3) is 5.91 Å². The molecule has 34 heavy (non-hydrogen) atoms. The fourth-order valence-electron chi connectivity index (χ4n) is 3.66. The first-order chi connectivity index (χ1) is 16.3. The van der Waals surface area contributed by atoms with E-state index in [1.165, 1.54) is 4.90 Å². The molecular formula is C25H31ClN6O2. The summed E-state index contributed by atoms with van der Waals surface area (Å²) in [7, 11) is 5.00. The fraction of sp³-hybridized carbons (Fsp3) is 0.320. The average Bonchev–Trinajstić information content (AvgIpc) is 3.22. The molecule has 9 heteroatoms. The number of pyridine rings is 1. The minimum Gasteiger partial charge on any atom is -0.493 e. The summed E-state index contributed by atoms with van der Waals surface area (Å²) in [5.41, 5.74) is 17.2. The Bertz CT molecular complexity index is 1250. The number of imidazole rings is 1. The van der Waals surface area contributed by atoms with Crippen LogP contribution in [0.4, 0.5) is 0 Å². The number of carbonyl (C=O) groups is 1. The highest BCUT2D eigenvalue weighted by molar-refractivity contribution is 6.30. The fourth-order valence-corrected chi connectivity index (χ4v) is 3.82. The Morgan fingerprint density at radius 3 is 2.71 bits per heavy atom. The number of hydrogen-bond acceptors (Lipinski definition) is 6. The number of hydrogen-bond donors (Lipinski definition) is 2. The van der Waals surface area contributed by atoms with Crippen molar-refractivity contribution >= 4 is 28.9 Å². The van der Waals surface area contributed by atoms with Crippen molar-refractivity contribution < 1.29 is 9.53 Å². The van der Waals surface area contributed by atoms with Gasteiger partial charge in [-0.1, -0.05) is 11.6 Å². The number of halogens is 1. The van der Waals surface area contributed by atoms with Gasteiger partial charge in [-0.05, 0) is 43.8 Å². The monoisotopic (exact) mass is 482 g/mol. The van der Waals surface area contributed by atoms with Gasteiger partial charge >= 0.3 is 0 Å². The number of benzene rings is 1. The van der Waals surface area contributed by atoms with Crippen LogP contribution in [0.1, 0.15) is 19.0 Å². The average molecular weight is 483 g/mol. The van der Waals surface area contributed by atoms with Gasteiger partial charge in [-0.2, -0.15) is 0 Å². The van der Waals surface area contributed by atoms with Crippen molar-refractivity contribution in [3.63, 3.8) is 0 Å². The molecule has 0 aliphatic carbocycles. The number of rotatable bonds is 9. The number of carbonyl (C=O) groups excluding carboxylic acids is 1. The molecule has 8 nitrogen and oxygen atoms in total. The lowest BCUT2D eigenvalue weighted by Gasteiger charge is -2.17. The highest BCUT2D eigenvalue weighted by Crippen LogP contribution is 2.33. The first-order valence-corrected chi connectivity index (χ1v) is 11.4. The van der Waals surface area contributed by atoms with E-state index in [0.717, 1.165) is 28.9 Å². The molecule has 0 spiro atoms. The first kappa shape index (κ1) is 25.3. The Kier molecular flexibility index (Phi) is 8.31. The van der Waals surface area contributed by atoms with E-state index < -0.39 is 0 Å². The van der Waals surface area contributed by atoms with Gasteiger partial charge in [0.2, 0.25) is 0 Å². The summed E-state index contributed by atoms with van der Waals surface area (Å²) in [4.78, 5) is 22.5. The smallest absolute Gasteiger partial charge is 0.269 e. The van der Waals surface area contributed by atoms with Crippen LogP contribution in [0.15, 0.2) is 59.0 Å². The second-order valence-electron chi connectivity index (χ2n) is 8.07. The van der Waals surface area contributed by atoms with Crippen LogP contribution < -0.4 is 16.2 Å². The Morgan fingerprint density at radius 2 is 2.03 bits per heavy atom. The van der Waals surface area contributed by atoms with Crippen LogP contribution in [0, 0.1) is 0 Å². The molecule has 0 saturated carbocycles. The molecule has 2 heterocycles. The summed E-state index contributed by atoms with van der Waals surface area (Å²) >= 11 is 6.28. The van der Waals surface area contributed by atoms with Crippen molar-refractivity contribution in [2.24, 2.45) is 16.5 Å². The summed E-state index contributed by atoms with van der Waals surface area (Å²) < 4.78 is 8.20. The maximum absolute atomic E-state index is 12.4. The molecule has 180 valence electrons. The highest BCUT2D eigenvalue weighted by atomic mass is 35.5. The maximum atomic E-state index is 12.4. The van der Waals surface area contributed by atoms with E-state index in [2.05, 4.69) is 9.98 Å². The summed E-state index contributed by atoms with van der Waals surface area (Å²) in [6.07, 6.45) is 5.02. The zero-order chi connectivity index (χ0) is 24.8. The second kappa shape index (κ2) is 11.2. The standard InChI is InChI=1S/C25H31ClN6O2/c1-16(29-2)20(24(28)25(33)31(3)4)10-12-34-22-13-18(26)6-7-21(22)17-5-8-23-30-14-19(9-11-27)32(23)15-17/h5-8,13-15H,9-12,27-28H2,1-4H3. The van der Waals surface area contributed by atoms with E-state index in [-0.39, 0.29) is 11.6 Å². The minimum atomic E-state index is -0.261. The SMILES string of the molecule is CN=C(C)C(CCOc1cc(Cl)ccc1-c1ccc2ncc(CCN)n2c1)=C(N)C(=O)N(C)C.